The SMILES string of the molecule is COCCOC[C@H](c1ccccc1)C(C)C. The van der Waals surface area contributed by atoms with Gasteiger partial charge in [0.25, 0.3) is 0 Å². The molecule has 16 heavy (non-hydrogen) atoms. The highest BCUT2D eigenvalue weighted by Gasteiger charge is 2.15. The second-order valence-electron chi connectivity index (χ2n) is 4.33. The number of benzene rings is 1. The van der Waals surface area contributed by atoms with Gasteiger partial charge >= 0.3 is 0 Å². The molecule has 0 saturated carbocycles. The first kappa shape index (κ1) is 13.2. The molecule has 0 heterocycles. The summed E-state index contributed by atoms with van der Waals surface area (Å²) in [6.07, 6.45) is 0. The summed E-state index contributed by atoms with van der Waals surface area (Å²) in [4.78, 5) is 0. The number of hydrogen-bond acceptors (Lipinski definition) is 2. The molecular weight excluding hydrogens is 200 g/mol. The van der Waals surface area contributed by atoms with Crippen LogP contribution in [0.25, 0.3) is 0 Å². The van der Waals surface area contributed by atoms with Crippen molar-refractivity contribution in [2.45, 2.75) is 19.8 Å². The Morgan fingerprint density at radius 1 is 1.06 bits per heavy atom. The molecule has 0 N–H and O–H groups in total. The Kier molecular flexibility index (Phi) is 6.12. The van der Waals surface area contributed by atoms with Gasteiger partial charge in [-0.25, -0.2) is 0 Å². The van der Waals surface area contributed by atoms with E-state index in [0.717, 1.165) is 6.61 Å². The second-order valence-corrected chi connectivity index (χ2v) is 4.33. The molecule has 2 heteroatoms. The summed E-state index contributed by atoms with van der Waals surface area (Å²) in [7, 11) is 1.69. The Morgan fingerprint density at radius 3 is 2.31 bits per heavy atom. The highest BCUT2D eigenvalue weighted by atomic mass is 16.5. The van der Waals surface area contributed by atoms with Crippen LogP contribution in [-0.4, -0.2) is 26.9 Å². The van der Waals surface area contributed by atoms with Crippen LogP contribution < -0.4 is 0 Å². The first-order chi connectivity index (χ1) is 7.75. The second kappa shape index (κ2) is 7.42. The lowest BCUT2D eigenvalue weighted by Crippen LogP contribution is -2.15. The molecule has 0 fully saturated rings. The third-order valence-electron chi connectivity index (χ3n) is 2.76. The third-order valence-corrected chi connectivity index (χ3v) is 2.76. The molecule has 0 aliphatic heterocycles. The fourth-order valence-corrected chi connectivity index (χ4v) is 1.73. The highest BCUT2D eigenvalue weighted by Crippen LogP contribution is 2.24. The monoisotopic (exact) mass is 222 g/mol. The van der Waals surface area contributed by atoms with Gasteiger partial charge in [-0.2, -0.15) is 0 Å². The molecule has 0 unspecified atom stereocenters. The number of ether oxygens (including phenoxy) is 2. The van der Waals surface area contributed by atoms with Gasteiger partial charge < -0.3 is 9.47 Å². The van der Waals surface area contributed by atoms with Crippen LogP contribution in [-0.2, 0) is 9.47 Å². The molecular formula is C14H22O2. The average Bonchev–Trinajstić information content (AvgIpc) is 2.30. The summed E-state index contributed by atoms with van der Waals surface area (Å²) >= 11 is 0. The Labute approximate surface area is 98.6 Å². The van der Waals surface area contributed by atoms with Crippen LogP contribution in [0.1, 0.15) is 25.3 Å². The fraction of sp³-hybridized carbons (Fsp3) is 0.571. The Bertz CT molecular complexity index is 269. The minimum Gasteiger partial charge on any atom is -0.382 e. The zero-order valence-corrected chi connectivity index (χ0v) is 10.5. The van der Waals surface area contributed by atoms with Gasteiger partial charge in [-0.3, -0.25) is 0 Å². The molecule has 90 valence electrons. The van der Waals surface area contributed by atoms with E-state index < -0.39 is 0 Å². The van der Waals surface area contributed by atoms with Crippen LogP contribution in [0.4, 0.5) is 0 Å². The molecule has 0 radical (unpaired) electrons. The minimum absolute atomic E-state index is 0.470. The van der Waals surface area contributed by atoms with Crippen molar-refractivity contribution in [3.63, 3.8) is 0 Å². The Balaban J connectivity index is 2.49. The van der Waals surface area contributed by atoms with Crippen molar-refractivity contribution in [3.8, 4) is 0 Å². The quantitative estimate of drug-likeness (QED) is 0.660. The highest BCUT2D eigenvalue weighted by molar-refractivity contribution is 5.20. The Hall–Kier alpha value is -0.860. The molecule has 2 nitrogen and oxygen atoms in total. The third kappa shape index (κ3) is 4.33. The van der Waals surface area contributed by atoms with E-state index in [1.54, 1.807) is 7.11 Å². The van der Waals surface area contributed by atoms with Gasteiger partial charge in [0.1, 0.15) is 0 Å². The topological polar surface area (TPSA) is 18.5 Å². The van der Waals surface area contributed by atoms with Gasteiger partial charge in [0.05, 0.1) is 19.8 Å². The first-order valence-electron chi connectivity index (χ1n) is 5.87. The number of rotatable bonds is 7. The first-order valence-corrected chi connectivity index (χ1v) is 5.87. The van der Waals surface area contributed by atoms with Gasteiger partial charge in [-0.15, -0.1) is 0 Å². The van der Waals surface area contributed by atoms with E-state index in [0.29, 0.717) is 25.0 Å². The van der Waals surface area contributed by atoms with Gasteiger partial charge in [-0.1, -0.05) is 44.2 Å². The molecule has 0 aliphatic carbocycles. The van der Waals surface area contributed by atoms with Crippen molar-refractivity contribution in [1.82, 2.24) is 0 Å². The lowest BCUT2D eigenvalue weighted by molar-refractivity contribution is 0.0570. The molecule has 0 amide bonds. The summed E-state index contributed by atoms with van der Waals surface area (Å²) in [6, 6.07) is 10.6. The van der Waals surface area contributed by atoms with Crippen LogP contribution >= 0.6 is 0 Å². The molecule has 0 aliphatic rings. The van der Waals surface area contributed by atoms with Gasteiger partial charge in [0.15, 0.2) is 0 Å². The molecule has 1 atom stereocenters. The van der Waals surface area contributed by atoms with Crippen molar-refractivity contribution in [2.75, 3.05) is 26.9 Å². The standard InChI is InChI=1S/C14H22O2/c1-12(2)14(11-16-10-9-15-3)13-7-5-4-6-8-13/h4-8,12,14H,9-11H2,1-3H3/t14-/m0/s1. The minimum atomic E-state index is 0.470. The van der Waals surface area contributed by atoms with Gasteiger partial charge in [0.2, 0.25) is 0 Å². The van der Waals surface area contributed by atoms with E-state index in [9.17, 15) is 0 Å². The lowest BCUT2D eigenvalue weighted by atomic mass is 9.89. The number of methoxy groups -OCH3 is 1. The van der Waals surface area contributed by atoms with Crippen molar-refractivity contribution in [1.29, 1.82) is 0 Å². The maximum Gasteiger partial charge on any atom is 0.0700 e. The smallest absolute Gasteiger partial charge is 0.0700 e. The summed E-state index contributed by atoms with van der Waals surface area (Å²) in [5.74, 6) is 1.06. The molecule has 0 bridgehead atoms. The van der Waals surface area contributed by atoms with Crippen molar-refractivity contribution < 1.29 is 9.47 Å². The zero-order chi connectivity index (χ0) is 11.8. The zero-order valence-electron chi connectivity index (χ0n) is 10.5. The van der Waals surface area contributed by atoms with Crippen LogP contribution in [0, 0.1) is 5.92 Å². The van der Waals surface area contributed by atoms with E-state index >= 15 is 0 Å². The molecule has 0 saturated heterocycles. The summed E-state index contributed by atoms with van der Waals surface area (Å²) in [5.41, 5.74) is 1.36. The summed E-state index contributed by atoms with van der Waals surface area (Å²) in [5, 5.41) is 0. The summed E-state index contributed by atoms with van der Waals surface area (Å²) in [6.45, 7) is 6.58. The van der Waals surface area contributed by atoms with Gasteiger partial charge in [0, 0.05) is 13.0 Å². The predicted molar refractivity (Wildman–Crippen MR) is 66.7 cm³/mol. The van der Waals surface area contributed by atoms with Crippen molar-refractivity contribution >= 4 is 0 Å². The maximum absolute atomic E-state index is 5.63. The van der Waals surface area contributed by atoms with Crippen molar-refractivity contribution in [3.05, 3.63) is 35.9 Å². The van der Waals surface area contributed by atoms with Crippen LogP contribution in [0.2, 0.25) is 0 Å². The van der Waals surface area contributed by atoms with Crippen LogP contribution in [0.15, 0.2) is 30.3 Å². The molecule has 0 spiro atoms. The van der Waals surface area contributed by atoms with E-state index in [4.69, 9.17) is 9.47 Å². The predicted octanol–water partition coefficient (Wildman–Crippen LogP) is 3.09. The number of hydrogen-bond donors (Lipinski definition) is 0. The van der Waals surface area contributed by atoms with E-state index in [1.165, 1.54) is 5.56 Å². The van der Waals surface area contributed by atoms with E-state index in [1.807, 2.05) is 6.07 Å². The lowest BCUT2D eigenvalue weighted by Gasteiger charge is -2.21. The van der Waals surface area contributed by atoms with Crippen LogP contribution in [0.5, 0.6) is 0 Å². The fourth-order valence-electron chi connectivity index (χ4n) is 1.73. The van der Waals surface area contributed by atoms with Crippen molar-refractivity contribution in [2.24, 2.45) is 5.92 Å². The molecule has 0 aromatic heterocycles. The largest absolute Gasteiger partial charge is 0.382 e. The van der Waals surface area contributed by atoms with Crippen LogP contribution in [0.3, 0.4) is 0 Å². The molecule has 1 rings (SSSR count). The maximum atomic E-state index is 5.63. The normalized spacial score (nSPS) is 13.0. The van der Waals surface area contributed by atoms with Gasteiger partial charge in [-0.05, 0) is 11.5 Å². The molecule has 1 aromatic rings. The molecule has 1 aromatic carbocycles. The van der Waals surface area contributed by atoms with E-state index in [2.05, 4.69) is 38.1 Å². The average molecular weight is 222 g/mol. The van der Waals surface area contributed by atoms with E-state index in [-0.39, 0.29) is 0 Å². The summed E-state index contributed by atoms with van der Waals surface area (Å²) < 4.78 is 10.6. The Morgan fingerprint density at radius 2 is 1.75 bits per heavy atom.